The van der Waals surface area contributed by atoms with Crippen molar-refractivity contribution in [2.24, 2.45) is 0 Å². The molecule has 2 unspecified atom stereocenters. The Morgan fingerprint density at radius 2 is 1.34 bits per heavy atom. The van der Waals surface area contributed by atoms with Crippen molar-refractivity contribution in [1.29, 1.82) is 0 Å². The third-order valence-electron chi connectivity index (χ3n) is 11.3. The molecule has 1 aliphatic rings. The van der Waals surface area contributed by atoms with Crippen LogP contribution in [0.3, 0.4) is 0 Å². The maximum Gasteiger partial charge on any atom is 1.00 e. The van der Waals surface area contributed by atoms with Crippen molar-refractivity contribution < 1.29 is 84.5 Å². The second kappa shape index (κ2) is 20.8. The first kappa shape index (κ1) is 51.8. The number of ketones is 1. The fraction of sp³-hybridized carbons (Fsp3) is 0.261. The Balaban J connectivity index is 0.000000226. The molecule has 0 saturated carbocycles. The minimum absolute atomic E-state index is 0. The average molecular weight is 1030 g/mol. The number of carbonyl (C=O) groups is 2. The van der Waals surface area contributed by atoms with Gasteiger partial charge in [-0.3, -0.25) is 19.0 Å². The summed E-state index contributed by atoms with van der Waals surface area (Å²) in [5.41, 5.74) is 1.64. The van der Waals surface area contributed by atoms with Crippen LogP contribution in [0.4, 0.5) is 40.8 Å². The summed E-state index contributed by atoms with van der Waals surface area (Å²) < 4.78 is 123. The van der Waals surface area contributed by atoms with E-state index in [4.69, 9.17) is 32.0 Å². The molecular weight excluding hydrogens is 988 g/mol. The number of anilines is 1. The molecule has 9 rings (SSSR count). The van der Waals surface area contributed by atoms with Crippen LogP contribution in [0.5, 0.6) is 0 Å². The number of Topliss-reactive ketones (excluding diaryl/α,β-unsaturated/α-hetero) is 1. The van der Waals surface area contributed by atoms with Gasteiger partial charge in [0.1, 0.15) is 29.4 Å². The minimum Gasteiger partial charge on any atom is -1.00 e. The predicted octanol–water partition coefficient (Wildman–Crippen LogP) is 9.14. The largest absolute Gasteiger partial charge is 1.00 e. The number of aromatic nitrogens is 8. The van der Waals surface area contributed by atoms with Gasteiger partial charge in [0.2, 0.25) is 0 Å². The van der Waals surface area contributed by atoms with Gasteiger partial charge in [0.15, 0.2) is 17.2 Å². The summed E-state index contributed by atoms with van der Waals surface area (Å²) in [6, 6.07) is 13.0. The van der Waals surface area contributed by atoms with Crippen molar-refractivity contribution >= 4 is 40.6 Å². The number of amides is 1. The zero-order chi connectivity index (χ0) is 49.5. The van der Waals surface area contributed by atoms with Crippen LogP contribution in [0.1, 0.15) is 68.0 Å². The topological polar surface area (TPSA) is 135 Å². The van der Waals surface area contributed by atoms with Crippen molar-refractivity contribution in [3.05, 3.63) is 148 Å². The SMILES string of the molecule is CCCC(C(=O)Cc1cnn(-c2cccc(F)c2)c1-c1ccoc1)n1nc(C(F)(F)F)c(Cl)c1C.Cc1c(Cl)c(C(F)(F)F)nn1C1CCN(c2cnn(-c3cccc(F)c3)c2-c2ccoc2)C1=O.[H-].[Na+]. The number of benzene rings is 2. The Morgan fingerprint density at radius 1 is 0.800 bits per heavy atom. The van der Waals surface area contributed by atoms with Gasteiger partial charge in [-0.15, -0.1) is 0 Å². The second-order valence-corrected chi connectivity index (χ2v) is 16.6. The molecule has 0 spiro atoms. The molecule has 8 aromatic rings. The van der Waals surface area contributed by atoms with E-state index in [1.165, 1.54) is 102 Å². The van der Waals surface area contributed by atoms with Crippen molar-refractivity contribution in [1.82, 2.24) is 39.1 Å². The number of rotatable bonds is 12. The normalized spacial score (nSPS) is 14.4. The van der Waals surface area contributed by atoms with Gasteiger partial charge in [0.05, 0.1) is 81.6 Å². The summed E-state index contributed by atoms with van der Waals surface area (Å²) in [6.45, 7) is 4.82. The molecule has 2 atom stereocenters. The Kier molecular flexibility index (Phi) is 15.4. The van der Waals surface area contributed by atoms with Crippen LogP contribution in [0, 0.1) is 25.5 Å². The Hall–Kier alpha value is -6.00. The Morgan fingerprint density at radius 3 is 1.86 bits per heavy atom. The van der Waals surface area contributed by atoms with E-state index in [1.54, 1.807) is 24.3 Å². The van der Waals surface area contributed by atoms with Gasteiger partial charge in [-0.2, -0.15) is 46.7 Å². The maximum absolute atomic E-state index is 13.9. The van der Waals surface area contributed by atoms with Gasteiger partial charge >= 0.3 is 41.9 Å². The summed E-state index contributed by atoms with van der Waals surface area (Å²) in [7, 11) is 0. The van der Waals surface area contributed by atoms with Gasteiger partial charge in [-0.25, -0.2) is 18.1 Å². The van der Waals surface area contributed by atoms with Crippen molar-refractivity contribution in [3.8, 4) is 33.9 Å². The van der Waals surface area contributed by atoms with Crippen LogP contribution in [0.15, 0.2) is 107 Å². The number of furan rings is 2. The van der Waals surface area contributed by atoms with E-state index in [1.807, 2.05) is 6.92 Å². The van der Waals surface area contributed by atoms with E-state index in [-0.39, 0.29) is 74.0 Å². The number of carbonyl (C=O) groups excluding carboxylic acids is 2. The molecular formula is C46H38Cl2F8N9NaO4. The van der Waals surface area contributed by atoms with Gasteiger partial charge in [-0.05, 0) is 75.2 Å². The molecule has 1 fully saturated rings. The zero-order valence-electron chi connectivity index (χ0n) is 38.4. The number of halogens is 10. The van der Waals surface area contributed by atoms with E-state index < -0.39 is 63.4 Å². The molecule has 7 heterocycles. The first-order chi connectivity index (χ1) is 32.8. The zero-order valence-corrected chi connectivity index (χ0v) is 40.9. The third-order valence-corrected chi connectivity index (χ3v) is 12.2. The van der Waals surface area contributed by atoms with E-state index >= 15 is 0 Å². The molecule has 0 radical (unpaired) electrons. The summed E-state index contributed by atoms with van der Waals surface area (Å²) in [5.74, 6) is -1.73. The summed E-state index contributed by atoms with van der Waals surface area (Å²) in [6.07, 6.45) is 0.169. The number of alkyl halides is 6. The Bertz CT molecular complexity index is 3150. The molecule has 24 heteroatoms. The monoisotopic (exact) mass is 1030 g/mol. The van der Waals surface area contributed by atoms with Crippen molar-refractivity contribution in [2.75, 3.05) is 11.4 Å². The van der Waals surface area contributed by atoms with Crippen LogP contribution >= 0.6 is 23.2 Å². The van der Waals surface area contributed by atoms with Gasteiger partial charge in [0, 0.05) is 29.7 Å². The number of hydrogen-bond acceptors (Lipinski definition) is 8. The van der Waals surface area contributed by atoms with Crippen LogP contribution < -0.4 is 34.5 Å². The molecule has 0 N–H and O–H groups in total. The van der Waals surface area contributed by atoms with Crippen LogP contribution in [-0.2, 0) is 28.4 Å². The molecule has 2 aromatic carbocycles. The fourth-order valence-corrected chi connectivity index (χ4v) is 8.59. The second-order valence-electron chi connectivity index (χ2n) is 15.8. The molecule has 1 amide bonds. The molecule has 0 aliphatic carbocycles. The maximum atomic E-state index is 13.9. The number of hydrogen-bond donors (Lipinski definition) is 0. The first-order valence-corrected chi connectivity index (χ1v) is 21.7. The van der Waals surface area contributed by atoms with Crippen molar-refractivity contribution in [2.45, 2.75) is 70.9 Å². The van der Waals surface area contributed by atoms with E-state index in [0.717, 1.165) is 9.36 Å². The summed E-state index contributed by atoms with van der Waals surface area (Å²) in [4.78, 5) is 28.2. The average Bonchev–Trinajstić information content (AvgIpc) is 4.17. The summed E-state index contributed by atoms with van der Waals surface area (Å²) >= 11 is 11.8. The molecule has 13 nitrogen and oxygen atoms in total. The van der Waals surface area contributed by atoms with Gasteiger partial charge in [-0.1, -0.05) is 48.7 Å². The standard InChI is InChI=1S/C24H21ClF4N4O2.C22H16ClF4N5O2.Na.H/c1-3-5-19(32-14(2)21(25)23(31-32)24(27,28)29)20(34)10-16-12-30-33(18-7-4-6-17(26)11-18)22(16)15-8-9-35-13-15;1-12-18(23)20(22(25,26)27)29-31(12)16-5-7-30(21(16)33)17-10-28-32(15-4-2-3-14(24)9-15)19(17)13-6-8-34-11-13;;/h4,6-9,11-13,19H,3,5,10H2,1-2H3;2-4,6,8-11,16H,5,7H2,1H3;;/q;;+1;-1. The molecule has 0 bridgehead atoms. The first-order valence-electron chi connectivity index (χ1n) is 21.0. The van der Waals surface area contributed by atoms with Crippen LogP contribution in [0.25, 0.3) is 33.9 Å². The minimum atomic E-state index is -4.74. The fourth-order valence-electron chi connectivity index (χ4n) is 8.13. The quantitative estimate of drug-likeness (QED) is 0.0874. The van der Waals surface area contributed by atoms with E-state index in [2.05, 4.69) is 20.4 Å². The van der Waals surface area contributed by atoms with E-state index in [9.17, 15) is 44.7 Å². The number of nitrogens with zero attached hydrogens (tertiary/aromatic N) is 9. The van der Waals surface area contributed by atoms with E-state index in [0.29, 0.717) is 51.6 Å². The predicted molar refractivity (Wildman–Crippen MR) is 236 cm³/mol. The van der Waals surface area contributed by atoms with Crippen LogP contribution in [0.2, 0.25) is 10.0 Å². The van der Waals surface area contributed by atoms with Crippen molar-refractivity contribution in [3.63, 3.8) is 0 Å². The molecule has 1 aliphatic heterocycles. The van der Waals surface area contributed by atoms with Gasteiger partial charge < -0.3 is 15.2 Å². The summed E-state index contributed by atoms with van der Waals surface area (Å²) in [5, 5.41) is 14.9. The van der Waals surface area contributed by atoms with Crippen LogP contribution in [-0.4, -0.2) is 57.4 Å². The molecule has 362 valence electrons. The smallest absolute Gasteiger partial charge is 1.00 e. The molecule has 6 aromatic heterocycles. The molecule has 70 heavy (non-hydrogen) atoms. The third kappa shape index (κ3) is 10.3. The Labute approximate surface area is 426 Å². The molecule has 1 saturated heterocycles. The van der Waals surface area contributed by atoms with Gasteiger partial charge in [0.25, 0.3) is 5.91 Å².